The molecule has 2 aromatic carbocycles. The molecule has 0 saturated carbocycles. The molecule has 0 aliphatic carbocycles. The van der Waals surface area contributed by atoms with Crippen LogP contribution in [0.5, 0.6) is 17.2 Å². The zero-order valence-electron chi connectivity index (χ0n) is 16.8. The Bertz CT molecular complexity index is 782. The topological polar surface area (TPSA) is 48.0 Å². The molecule has 0 radical (unpaired) electrons. The Morgan fingerprint density at radius 1 is 0.929 bits per heavy atom. The maximum absolute atomic E-state index is 13.0. The zero-order chi connectivity index (χ0) is 19.8. The normalized spacial score (nSPS) is 14.3. The molecule has 150 valence electrons. The van der Waals surface area contributed by atoms with Crippen LogP contribution in [-0.4, -0.2) is 37.6 Å². The van der Waals surface area contributed by atoms with Crippen molar-refractivity contribution in [2.75, 3.05) is 26.8 Å². The molecule has 5 heteroatoms. The molecule has 0 aromatic heterocycles. The minimum atomic E-state index is 0.0866. The van der Waals surface area contributed by atoms with Gasteiger partial charge in [-0.05, 0) is 50.1 Å². The van der Waals surface area contributed by atoms with Gasteiger partial charge in [-0.3, -0.25) is 4.79 Å². The summed E-state index contributed by atoms with van der Waals surface area (Å²) < 4.78 is 17.1. The fraction of sp³-hybridized carbons (Fsp3) is 0.435. The summed E-state index contributed by atoms with van der Waals surface area (Å²) in [6.07, 6.45) is 4.55. The van der Waals surface area contributed by atoms with Crippen molar-refractivity contribution in [3.05, 3.63) is 53.6 Å². The van der Waals surface area contributed by atoms with E-state index < -0.39 is 0 Å². The van der Waals surface area contributed by atoms with E-state index >= 15 is 0 Å². The van der Waals surface area contributed by atoms with Crippen LogP contribution in [0.4, 0.5) is 0 Å². The van der Waals surface area contributed by atoms with Gasteiger partial charge in [-0.1, -0.05) is 25.0 Å². The average Bonchev–Trinajstić information content (AvgIpc) is 3.02. The molecule has 28 heavy (non-hydrogen) atoms. The second kappa shape index (κ2) is 10.0. The zero-order valence-corrected chi connectivity index (χ0v) is 16.8. The number of ether oxygens (including phenoxy) is 3. The van der Waals surface area contributed by atoms with E-state index in [1.54, 1.807) is 7.11 Å². The minimum Gasteiger partial charge on any atom is -0.493 e. The van der Waals surface area contributed by atoms with E-state index in [1.165, 1.54) is 12.8 Å². The minimum absolute atomic E-state index is 0.0866. The van der Waals surface area contributed by atoms with Crippen molar-refractivity contribution < 1.29 is 19.0 Å². The number of likely N-dealkylation sites (tertiary alicyclic amines) is 1. The van der Waals surface area contributed by atoms with E-state index in [4.69, 9.17) is 14.2 Å². The molecule has 0 N–H and O–H groups in total. The van der Waals surface area contributed by atoms with Crippen molar-refractivity contribution in [2.45, 2.75) is 39.2 Å². The third-order valence-corrected chi connectivity index (χ3v) is 4.95. The SMILES string of the molecule is CCOc1ccc(C(=O)N2CCCCCC2)cc1COc1ccccc1OC. The number of carbonyl (C=O) groups excluding carboxylic acids is 1. The smallest absolute Gasteiger partial charge is 0.253 e. The summed E-state index contributed by atoms with van der Waals surface area (Å²) >= 11 is 0. The lowest BCUT2D eigenvalue weighted by atomic mass is 10.1. The van der Waals surface area contributed by atoms with Gasteiger partial charge in [0.2, 0.25) is 0 Å². The summed E-state index contributed by atoms with van der Waals surface area (Å²) in [5, 5.41) is 0. The van der Waals surface area contributed by atoms with Crippen LogP contribution >= 0.6 is 0 Å². The highest BCUT2D eigenvalue weighted by molar-refractivity contribution is 5.94. The van der Waals surface area contributed by atoms with Gasteiger partial charge in [0, 0.05) is 24.2 Å². The molecule has 2 aromatic rings. The fourth-order valence-corrected chi connectivity index (χ4v) is 3.47. The number of hydrogen-bond acceptors (Lipinski definition) is 4. The highest BCUT2D eigenvalue weighted by Gasteiger charge is 2.19. The summed E-state index contributed by atoms with van der Waals surface area (Å²) in [5.74, 6) is 2.17. The molecule has 1 amide bonds. The van der Waals surface area contributed by atoms with Crippen LogP contribution in [0.25, 0.3) is 0 Å². The Balaban J connectivity index is 1.79. The third kappa shape index (κ3) is 4.97. The van der Waals surface area contributed by atoms with Crippen molar-refractivity contribution in [3.8, 4) is 17.2 Å². The Hall–Kier alpha value is -2.69. The van der Waals surface area contributed by atoms with Crippen LogP contribution < -0.4 is 14.2 Å². The van der Waals surface area contributed by atoms with Crippen molar-refractivity contribution in [1.82, 2.24) is 4.90 Å². The van der Waals surface area contributed by atoms with Crippen molar-refractivity contribution in [1.29, 1.82) is 0 Å². The van der Waals surface area contributed by atoms with Crippen LogP contribution in [0, 0.1) is 0 Å². The second-order valence-electron chi connectivity index (χ2n) is 6.90. The van der Waals surface area contributed by atoms with Crippen molar-refractivity contribution >= 4 is 5.91 Å². The lowest BCUT2D eigenvalue weighted by Gasteiger charge is -2.21. The second-order valence-corrected chi connectivity index (χ2v) is 6.90. The monoisotopic (exact) mass is 383 g/mol. The summed E-state index contributed by atoms with van der Waals surface area (Å²) in [7, 11) is 1.62. The summed E-state index contributed by atoms with van der Waals surface area (Å²) in [4.78, 5) is 14.9. The van der Waals surface area contributed by atoms with E-state index in [1.807, 2.05) is 54.3 Å². The number of methoxy groups -OCH3 is 1. The first-order chi connectivity index (χ1) is 13.7. The third-order valence-electron chi connectivity index (χ3n) is 4.95. The average molecular weight is 383 g/mol. The van der Waals surface area contributed by atoms with E-state index in [2.05, 4.69) is 0 Å². The maximum atomic E-state index is 13.0. The Labute approximate surface area is 167 Å². The molecular formula is C23H29NO4. The number of para-hydroxylation sites is 2. The first-order valence-electron chi connectivity index (χ1n) is 10.0. The van der Waals surface area contributed by atoms with Gasteiger partial charge >= 0.3 is 0 Å². The van der Waals surface area contributed by atoms with Crippen LogP contribution in [0.2, 0.25) is 0 Å². The molecule has 5 nitrogen and oxygen atoms in total. The molecule has 1 fully saturated rings. The predicted octanol–water partition coefficient (Wildman–Crippen LogP) is 4.69. The van der Waals surface area contributed by atoms with Gasteiger partial charge in [0.1, 0.15) is 12.4 Å². The highest BCUT2D eigenvalue weighted by atomic mass is 16.5. The molecule has 0 spiro atoms. The lowest BCUT2D eigenvalue weighted by molar-refractivity contribution is 0.0761. The van der Waals surface area contributed by atoms with Gasteiger partial charge in [-0.25, -0.2) is 0 Å². The first-order valence-corrected chi connectivity index (χ1v) is 10.0. The first kappa shape index (κ1) is 20.1. The molecule has 3 rings (SSSR count). The molecule has 1 heterocycles. The van der Waals surface area contributed by atoms with Gasteiger partial charge in [-0.15, -0.1) is 0 Å². The number of hydrogen-bond donors (Lipinski definition) is 0. The standard InChI is InChI=1S/C23H29NO4/c1-3-27-20-13-12-18(23(25)24-14-8-4-5-9-15-24)16-19(20)17-28-22-11-7-6-10-21(22)26-2/h6-7,10-13,16H,3-5,8-9,14-15,17H2,1-2H3. The Kier molecular flexibility index (Phi) is 7.18. The molecule has 1 aliphatic rings. The van der Waals surface area contributed by atoms with E-state index in [-0.39, 0.29) is 5.91 Å². The Morgan fingerprint density at radius 3 is 2.32 bits per heavy atom. The summed E-state index contributed by atoms with van der Waals surface area (Å²) in [5.41, 5.74) is 1.54. The van der Waals surface area contributed by atoms with Crippen LogP contribution in [0.1, 0.15) is 48.5 Å². The van der Waals surface area contributed by atoms with E-state index in [0.29, 0.717) is 30.3 Å². The van der Waals surface area contributed by atoms with Crippen LogP contribution in [-0.2, 0) is 6.61 Å². The Morgan fingerprint density at radius 2 is 1.64 bits per heavy atom. The number of rotatable bonds is 7. The fourth-order valence-electron chi connectivity index (χ4n) is 3.47. The quantitative estimate of drug-likeness (QED) is 0.696. The highest BCUT2D eigenvalue weighted by Crippen LogP contribution is 2.29. The van der Waals surface area contributed by atoms with Gasteiger partial charge in [0.25, 0.3) is 5.91 Å². The van der Waals surface area contributed by atoms with Gasteiger partial charge in [0.05, 0.1) is 13.7 Å². The molecule has 1 aliphatic heterocycles. The van der Waals surface area contributed by atoms with Gasteiger partial charge < -0.3 is 19.1 Å². The van der Waals surface area contributed by atoms with Crippen molar-refractivity contribution in [3.63, 3.8) is 0 Å². The number of amides is 1. The molecule has 0 unspecified atom stereocenters. The molecule has 0 bridgehead atoms. The number of benzene rings is 2. The van der Waals surface area contributed by atoms with Crippen LogP contribution in [0.15, 0.2) is 42.5 Å². The number of carbonyl (C=O) groups is 1. The largest absolute Gasteiger partial charge is 0.493 e. The van der Waals surface area contributed by atoms with Gasteiger partial charge in [-0.2, -0.15) is 0 Å². The maximum Gasteiger partial charge on any atom is 0.253 e. The van der Waals surface area contributed by atoms with Crippen molar-refractivity contribution in [2.24, 2.45) is 0 Å². The molecule has 1 saturated heterocycles. The van der Waals surface area contributed by atoms with E-state index in [9.17, 15) is 4.79 Å². The summed E-state index contributed by atoms with van der Waals surface area (Å²) in [6, 6.07) is 13.1. The van der Waals surface area contributed by atoms with Gasteiger partial charge in [0.15, 0.2) is 11.5 Å². The predicted molar refractivity (Wildman–Crippen MR) is 109 cm³/mol. The summed E-state index contributed by atoms with van der Waals surface area (Å²) in [6.45, 7) is 4.47. The lowest BCUT2D eigenvalue weighted by Crippen LogP contribution is -2.31. The molecule has 0 atom stereocenters. The van der Waals surface area contributed by atoms with Crippen LogP contribution in [0.3, 0.4) is 0 Å². The molecular weight excluding hydrogens is 354 g/mol. The number of nitrogens with zero attached hydrogens (tertiary/aromatic N) is 1. The van der Waals surface area contributed by atoms with E-state index in [0.717, 1.165) is 37.2 Å².